The van der Waals surface area contributed by atoms with Gasteiger partial charge in [0.25, 0.3) is 5.56 Å². The highest BCUT2D eigenvalue weighted by Gasteiger charge is 2.20. The first kappa shape index (κ1) is 27.8. The van der Waals surface area contributed by atoms with Crippen molar-refractivity contribution in [2.45, 2.75) is 59.0 Å². The summed E-state index contributed by atoms with van der Waals surface area (Å²) < 4.78 is 7.57. The monoisotopic (exact) mass is 521 g/mol. The molecule has 6 nitrogen and oxygen atoms in total. The van der Waals surface area contributed by atoms with Crippen molar-refractivity contribution in [2.75, 3.05) is 6.61 Å². The van der Waals surface area contributed by atoms with Gasteiger partial charge in [-0.2, -0.15) is 5.26 Å². The van der Waals surface area contributed by atoms with Crippen molar-refractivity contribution < 1.29 is 9.84 Å². The number of hydrogen-bond donors (Lipinski definition) is 1. The van der Waals surface area contributed by atoms with Crippen LogP contribution in [0.15, 0.2) is 77.6 Å². The molecule has 200 valence electrons. The summed E-state index contributed by atoms with van der Waals surface area (Å²) in [5.41, 5.74) is 5.01. The molecule has 0 bridgehead atoms. The van der Waals surface area contributed by atoms with Gasteiger partial charge in [-0.15, -0.1) is 0 Å². The second-order valence-corrected chi connectivity index (χ2v) is 10.2. The smallest absolute Gasteiger partial charge is 0.261 e. The average molecular weight is 522 g/mol. The molecule has 3 aromatic carbocycles. The quantitative estimate of drug-likeness (QED) is 0.275. The van der Waals surface area contributed by atoms with E-state index >= 15 is 0 Å². The molecule has 0 aliphatic carbocycles. The molecule has 0 spiro atoms. The number of aliphatic hydroxyl groups is 1. The Morgan fingerprint density at radius 3 is 2.31 bits per heavy atom. The molecule has 1 heterocycles. The molecule has 1 N–H and O–H groups in total. The highest BCUT2D eigenvalue weighted by atomic mass is 16.5. The minimum absolute atomic E-state index is 0.0615. The van der Waals surface area contributed by atoms with Gasteiger partial charge in [-0.1, -0.05) is 62.7 Å². The van der Waals surface area contributed by atoms with E-state index in [1.54, 1.807) is 4.57 Å². The number of benzene rings is 3. The summed E-state index contributed by atoms with van der Waals surface area (Å²) >= 11 is 0. The number of nitriles is 1. The normalized spacial score (nSPS) is 11.3. The second kappa shape index (κ2) is 12.1. The van der Waals surface area contributed by atoms with Gasteiger partial charge in [-0.05, 0) is 67.3 Å². The molecule has 0 radical (unpaired) electrons. The summed E-state index contributed by atoms with van der Waals surface area (Å²) in [7, 11) is 0. The van der Waals surface area contributed by atoms with E-state index in [0.717, 1.165) is 46.7 Å². The maximum absolute atomic E-state index is 14.0. The van der Waals surface area contributed by atoms with E-state index in [1.807, 2.05) is 93.6 Å². The summed E-state index contributed by atoms with van der Waals surface area (Å²) in [6, 6.07) is 25.2. The highest BCUT2D eigenvalue weighted by molar-refractivity contribution is 5.70. The first-order chi connectivity index (χ1) is 18.8. The lowest BCUT2D eigenvalue weighted by Crippen LogP contribution is -2.32. The molecular formula is C33H35N3O3. The standard InChI is InChI=1S/C33H35N3O3/c1-5-9-30-29(20-23-12-14-24(15-13-23)28-11-8-7-10-25(28)21-34)32(38)36(31(6-2)35-30)26-16-18-27(19-17-26)39-33(3,4)22-37/h7-8,10-19,37H,5-6,9,20,22H2,1-4H3. The number of aryl methyl sites for hydroxylation is 2. The minimum atomic E-state index is -0.699. The van der Waals surface area contributed by atoms with Gasteiger partial charge < -0.3 is 9.84 Å². The van der Waals surface area contributed by atoms with Gasteiger partial charge >= 0.3 is 0 Å². The fourth-order valence-electron chi connectivity index (χ4n) is 4.63. The predicted molar refractivity (Wildman–Crippen MR) is 154 cm³/mol. The molecule has 0 amide bonds. The zero-order valence-corrected chi connectivity index (χ0v) is 23.1. The molecule has 6 heteroatoms. The van der Waals surface area contributed by atoms with Crippen LogP contribution in [0.3, 0.4) is 0 Å². The Bertz CT molecular complexity index is 1530. The zero-order chi connectivity index (χ0) is 28.0. The van der Waals surface area contributed by atoms with E-state index in [-0.39, 0.29) is 12.2 Å². The van der Waals surface area contributed by atoms with Crippen LogP contribution in [0.25, 0.3) is 16.8 Å². The number of aromatic nitrogens is 2. The van der Waals surface area contributed by atoms with Crippen molar-refractivity contribution in [3.8, 4) is 28.6 Å². The second-order valence-electron chi connectivity index (χ2n) is 10.2. The van der Waals surface area contributed by atoms with Crippen molar-refractivity contribution in [3.63, 3.8) is 0 Å². The number of nitrogens with zero attached hydrogens (tertiary/aromatic N) is 3. The van der Waals surface area contributed by atoms with Gasteiger partial charge in [-0.3, -0.25) is 9.36 Å². The molecule has 0 unspecified atom stereocenters. The van der Waals surface area contributed by atoms with Crippen LogP contribution in [0.2, 0.25) is 0 Å². The average Bonchev–Trinajstić information content (AvgIpc) is 2.95. The van der Waals surface area contributed by atoms with Crippen LogP contribution < -0.4 is 10.3 Å². The first-order valence-electron chi connectivity index (χ1n) is 13.4. The van der Waals surface area contributed by atoms with E-state index in [9.17, 15) is 15.2 Å². The molecule has 4 aromatic rings. The van der Waals surface area contributed by atoms with Gasteiger partial charge in [0.2, 0.25) is 0 Å². The van der Waals surface area contributed by atoms with Gasteiger partial charge in [0.05, 0.1) is 29.6 Å². The van der Waals surface area contributed by atoms with E-state index < -0.39 is 5.60 Å². The van der Waals surface area contributed by atoms with E-state index in [1.165, 1.54) is 0 Å². The molecule has 39 heavy (non-hydrogen) atoms. The lowest BCUT2D eigenvalue weighted by molar-refractivity contribution is 0.0412. The fraction of sp³-hybridized carbons (Fsp3) is 0.303. The fourth-order valence-corrected chi connectivity index (χ4v) is 4.63. The van der Waals surface area contributed by atoms with E-state index in [2.05, 4.69) is 13.0 Å². The highest BCUT2D eigenvalue weighted by Crippen LogP contribution is 2.25. The number of rotatable bonds is 10. The largest absolute Gasteiger partial charge is 0.485 e. The van der Waals surface area contributed by atoms with Crippen molar-refractivity contribution in [1.82, 2.24) is 9.55 Å². The van der Waals surface area contributed by atoms with Crippen LogP contribution in [0.1, 0.15) is 62.3 Å². The Morgan fingerprint density at radius 1 is 1.00 bits per heavy atom. The maximum Gasteiger partial charge on any atom is 0.261 e. The number of ether oxygens (including phenoxy) is 1. The summed E-state index contributed by atoms with van der Waals surface area (Å²) in [6.45, 7) is 7.63. The summed E-state index contributed by atoms with van der Waals surface area (Å²) in [4.78, 5) is 19.0. The van der Waals surface area contributed by atoms with E-state index in [4.69, 9.17) is 9.72 Å². The van der Waals surface area contributed by atoms with Crippen molar-refractivity contribution in [3.05, 3.63) is 111 Å². The molecule has 4 rings (SSSR count). The van der Waals surface area contributed by atoms with Crippen molar-refractivity contribution in [1.29, 1.82) is 5.26 Å². The van der Waals surface area contributed by atoms with Gasteiger partial charge in [-0.25, -0.2) is 4.98 Å². The summed E-state index contributed by atoms with van der Waals surface area (Å²) in [5.74, 6) is 1.35. The minimum Gasteiger partial charge on any atom is -0.485 e. The van der Waals surface area contributed by atoms with Crippen LogP contribution in [-0.4, -0.2) is 26.9 Å². The molecule has 1 aromatic heterocycles. The summed E-state index contributed by atoms with van der Waals surface area (Å²) in [5, 5.41) is 19.0. The lowest BCUT2D eigenvalue weighted by atomic mass is 9.97. The molecule has 0 saturated heterocycles. The van der Waals surface area contributed by atoms with Gasteiger partial charge in [0.15, 0.2) is 0 Å². The molecule has 0 fully saturated rings. The molecule has 0 saturated carbocycles. The van der Waals surface area contributed by atoms with Crippen LogP contribution in [-0.2, 0) is 19.3 Å². The van der Waals surface area contributed by atoms with Crippen molar-refractivity contribution >= 4 is 0 Å². The Balaban J connectivity index is 1.72. The first-order valence-corrected chi connectivity index (χ1v) is 13.4. The maximum atomic E-state index is 14.0. The van der Waals surface area contributed by atoms with Crippen LogP contribution in [0, 0.1) is 11.3 Å². The van der Waals surface area contributed by atoms with Crippen LogP contribution in [0.4, 0.5) is 0 Å². The topological polar surface area (TPSA) is 88.1 Å². The zero-order valence-electron chi connectivity index (χ0n) is 23.1. The summed E-state index contributed by atoms with van der Waals surface area (Å²) in [6.07, 6.45) is 2.71. The van der Waals surface area contributed by atoms with Gasteiger partial charge in [0, 0.05) is 18.4 Å². The molecular weight excluding hydrogens is 486 g/mol. The SMILES string of the molecule is CCCc1nc(CC)n(-c2ccc(OC(C)(C)CO)cc2)c(=O)c1Cc1ccc(-c2ccccc2C#N)cc1. The van der Waals surface area contributed by atoms with Crippen LogP contribution in [0.5, 0.6) is 5.75 Å². The molecule has 0 aliphatic rings. The van der Waals surface area contributed by atoms with Gasteiger partial charge in [0.1, 0.15) is 17.2 Å². The van der Waals surface area contributed by atoms with E-state index in [0.29, 0.717) is 29.7 Å². The van der Waals surface area contributed by atoms with Crippen molar-refractivity contribution in [2.24, 2.45) is 0 Å². The van der Waals surface area contributed by atoms with Crippen LogP contribution >= 0.6 is 0 Å². The third-order valence-electron chi connectivity index (χ3n) is 6.70. The number of aliphatic hydroxyl groups excluding tert-OH is 1. The third kappa shape index (κ3) is 6.27. The molecule has 0 atom stereocenters. The Morgan fingerprint density at radius 2 is 1.69 bits per heavy atom. The predicted octanol–water partition coefficient (Wildman–Crippen LogP) is 6.03. The Labute approximate surface area is 230 Å². The third-order valence-corrected chi connectivity index (χ3v) is 6.70. The Kier molecular flexibility index (Phi) is 8.63. The number of hydrogen-bond acceptors (Lipinski definition) is 5. The lowest BCUT2D eigenvalue weighted by Gasteiger charge is -2.24. The Hall–Kier alpha value is -4.21. The molecule has 0 aliphatic heterocycles.